The highest BCUT2D eigenvalue weighted by atomic mass is 32.2. The van der Waals surface area contributed by atoms with E-state index in [9.17, 15) is 13.2 Å². The Bertz CT molecular complexity index is 1360. The average molecular weight is 407 g/mol. The van der Waals surface area contributed by atoms with Crippen molar-refractivity contribution in [3.05, 3.63) is 77.1 Å². The van der Waals surface area contributed by atoms with Gasteiger partial charge in [-0.3, -0.25) is 4.79 Å². The third kappa shape index (κ3) is 3.52. The van der Waals surface area contributed by atoms with Gasteiger partial charge < -0.3 is 9.15 Å². The van der Waals surface area contributed by atoms with Gasteiger partial charge in [0.1, 0.15) is 11.3 Å². The van der Waals surface area contributed by atoms with Crippen LogP contribution in [0.15, 0.2) is 81.0 Å². The molecular formula is C22H17NO5S. The van der Waals surface area contributed by atoms with Gasteiger partial charge >= 0.3 is 0 Å². The SMILES string of the molecule is COc1ccc(-c2c(-c3ccc(S(C)(=O)=O)cc3)oc3ccccc3c2=O)cn1. The predicted octanol–water partition coefficient (Wildman–Crippen LogP) is 3.93. The molecule has 2 aromatic carbocycles. The smallest absolute Gasteiger partial charge is 0.212 e. The van der Waals surface area contributed by atoms with Gasteiger partial charge in [-0.25, -0.2) is 13.4 Å². The van der Waals surface area contributed by atoms with Gasteiger partial charge in [0.2, 0.25) is 11.3 Å². The van der Waals surface area contributed by atoms with Gasteiger partial charge in [0, 0.05) is 29.6 Å². The number of ether oxygens (including phenoxy) is 1. The average Bonchev–Trinajstić information content (AvgIpc) is 2.73. The van der Waals surface area contributed by atoms with Crippen LogP contribution in [0.4, 0.5) is 0 Å². The van der Waals surface area contributed by atoms with Crippen molar-refractivity contribution in [1.82, 2.24) is 4.98 Å². The van der Waals surface area contributed by atoms with Crippen LogP contribution in [0, 0.1) is 0 Å². The molecule has 4 rings (SSSR count). The first kappa shape index (κ1) is 18.9. The van der Waals surface area contributed by atoms with E-state index < -0.39 is 9.84 Å². The fourth-order valence-electron chi connectivity index (χ4n) is 3.11. The molecule has 0 atom stereocenters. The molecular weight excluding hydrogens is 390 g/mol. The lowest BCUT2D eigenvalue weighted by Crippen LogP contribution is -2.08. The number of hydrogen-bond donors (Lipinski definition) is 0. The molecule has 2 aromatic heterocycles. The van der Waals surface area contributed by atoms with Crippen molar-refractivity contribution in [3.63, 3.8) is 0 Å². The molecule has 0 saturated heterocycles. The van der Waals surface area contributed by atoms with Gasteiger partial charge in [0.05, 0.1) is 23.0 Å². The summed E-state index contributed by atoms with van der Waals surface area (Å²) < 4.78 is 34.7. The molecule has 0 aliphatic carbocycles. The van der Waals surface area contributed by atoms with E-state index in [1.54, 1.807) is 54.7 Å². The molecule has 146 valence electrons. The Morgan fingerprint density at radius 1 is 0.931 bits per heavy atom. The zero-order valence-corrected chi connectivity index (χ0v) is 16.6. The number of methoxy groups -OCH3 is 1. The van der Waals surface area contributed by atoms with Crippen LogP contribution < -0.4 is 10.2 Å². The van der Waals surface area contributed by atoms with Gasteiger partial charge in [-0.15, -0.1) is 0 Å². The van der Waals surface area contributed by atoms with E-state index in [1.165, 1.54) is 19.2 Å². The number of nitrogens with zero attached hydrogens (tertiary/aromatic N) is 1. The van der Waals surface area contributed by atoms with E-state index in [0.717, 1.165) is 6.26 Å². The standard InChI is InChI=1S/C22H17NO5S/c1-27-19-12-9-15(13-23-19)20-21(24)17-5-3-4-6-18(17)28-22(20)14-7-10-16(11-8-14)29(2,25)26/h3-13H,1-2H3. The molecule has 0 amide bonds. The molecule has 0 fully saturated rings. The summed E-state index contributed by atoms with van der Waals surface area (Å²) in [6, 6.07) is 16.6. The number of fused-ring (bicyclic) bond motifs is 1. The third-order valence-corrected chi connectivity index (χ3v) is 5.71. The highest BCUT2D eigenvalue weighted by Gasteiger charge is 2.19. The van der Waals surface area contributed by atoms with Crippen LogP contribution in [0.5, 0.6) is 5.88 Å². The van der Waals surface area contributed by atoms with Crippen LogP contribution in [-0.4, -0.2) is 26.8 Å². The van der Waals surface area contributed by atoms with Gasteiger partial charge in [-0.2, -0.15) is 0 Å². The molecule has 0 N–H and O–H groups in total. The molecule has 6 nitrogen and oxygen atoms in total. The lowest BCUT2D eigenvalue weighted by Gasteiger charge is -2.11. The summed E-state index contributed by atoms with van der Waals surface area (Å²) in [6.45, 7) is 0. The summed E-state index contributed by atoms with van der Waals surface area (Å²) in [6.07, 6.45) is 2.70. The molecule has 29 heavy (non-hydrogen) atoms. The highest BCUT2D eigenvalue weighted by molar-refractivity contribution is 7.90. The van der Waals surface area contributed by atoms with Crippen molar-refractivity contribution in [3.8, 4) is 28.3 Å². The Kier molecular flexibility index (Phi) is 4.68. The van der Waals surface area contributed by atoms with Crippen LogP contribution in [0.3, 0.4) is 0 Å². The van der Waals surface area contributed by atoms with E-state index in [2.05, 4.69) is 4.98 Å². The Morgan fingerprint density at radius 2 is 1.62 bits per heavy atom. The molecule has 0 spiro atoms. The van der Waals surface area contributed by atoms with E-state index in [1.807, 2.05) is 0 Å². The largest absolute Gasteiger partial charge is 0.481 e. The summed E-state index contributed by atoms with van der Waals surface area (Å²) in [5.74, 6) is 0.777. The number of hydrogen-bond acceptors (Lipinski definition) is 6. The number of sulfone groups is 1. The molecule has 0 aliphatic heterocycles. The minimum Gasteiger partial charge on any atom is -0.481 e. The first-order chi connectivity index (χ1) is 13.9. The van der Waals surface area contributed by atoms with Crippen molar-refractivity contribution >= 4 is 20.8 Å². The second-order valence-corrected chi connectivity index (χ2v) is 8.53. The molecule has 4 aromatic rings. The fourth-order valence-corrected chi connectivity index (χ4v) is 3.74. The van der Waals surface area contributed by atoms with Crippen LogP contribution >= 0.6 is 0 Å². The summed E-state index contributed by atoms with van der Waals surface area (Å²) in [5.41, 5.74) is 1.77. The lowest BCUT2D eigenvalue weighted by molar-refractivity contribution is 0.398. The van der Waals surface area contributed by atoms with Crippen molar-refractivity contribution in [2.24, 2.45) is 0 Å². The molecule has 0 bridgehead atoms. The monoisotopic (exact) mass is 407 g/mol. The second-order valence-electron chi connectivity index (χ2n) is 6.52. The normalized spacial score (nSPS) is 11.5. The Labute approximate surface area is 167 Å². The minimum atomic E-state index is -3.33. The van der Waals surface area contributed by atoms with Crippen LogP contribution in [0.1, 0.15) is 0 Å². The second kappa shape index (κ2) is 7.18. The van der Waals surface area contributed by atoms with Crippen molar-refractivity contribution < 1.29 is 17.6 Å². The lowest BCUT2D eigenvalue weighted by atomic mass is 9.99. The van der Waals surface area contributed by atoms with E-state index in [0.29, 0.717) is 39.3 Å². The molecule has 2 heterocycles. The summed E-state index contributed by atoms with van der Waals surface area (Å²) in [4.78, 5) is 17.7. The van der Waals surface area contributed by atoms with Crippen LogP contribution in [-0.2, 0) is 9.84 Å². The number of para-hydroxylation sites is 1. The van der Waals surface area contributed by atoms with Gasteiger partial charge in [-0.05, 0) is 42.5 Å². The topological polar surface area (TPSA) is 86.5 Å². The zero-order chi connectivity index (χ0) is 20.6. The maximum absolute atomic E-state index is 13.3. The maximum atomic E-state index is 13.3. The number of aromatic nitrogens is 1. The van der Waals surface area contributed by atoms with Gasteiger partial charge in [0.15, 0.2) is 9.84 Å². The van der Waals surface area contributed by atoms with E-state index in [-0.39, 0.29) is 10.3 Å². The highest BCUT2D eigenvalue weighted by Crippen LogP contribution is 2.33. The molecule has 7 heteroatoms. The zero-order valence-electron chi connectivity index (χ0n) is 15.7. The summed E-state index contributed by atoms with van der Waals surface area (Å²) in [5, 5.41) is 0.454. The van der Waals surface area contributed by atoms with E-state index >= 15 is 0 Å². The van der Waals surface area contributed by atoms with Crippen molar-refractivity contribution in [2.45, 2.75) is 4.90 Å². The Hall–Kier alpha value is -3.45. The van der Waals surface area contributed by atoms with E-state index in [4.69, 9.17) is 9.15 Å². The fraction of sp³-hybridized carbons (Fsp3) is 0.0909. The number of benzene rings is 2. The van der Waals surface area contributed by atoms with Gasteiger partial charge in [-0.1, -0.05) is 12.1 Å². The molecule has 0 aliphatic rings. The third-order valence-electron chi connectivity index (χ3n) is 4.58. The first-order valence-electron chi connectivity index (χ1n) is 8.75. The predicted molar refractivity (Wildman–Crippen MR) is 111 cm³/mol. The molecule has 0 saturated carbocycles. The Balaban J connectivity index is 2.00. The van der Waals surface area contributed by atoms with Crippen LogP contribution in [0.2, 0.25) is 0 Å². The molecule has 0 unspecified atom stereocenters. The summed E-state index contributed by atoms with van der Waals surface area (Å²) >= 11 is 0. The van der Waals surface area contributed by atoms with Crippen LogP contribution in [0.25, 0.3) is 33.4 Å². The number of pyridine rings is 1. The quantitative estimate of drug-likeness (QED) is 0.509. The van der Waals surface area contributed by atoms with Crippen molar-refractivity contribution in [2.75, 3.05) is 13.4 Å². The Morgan fingerprint density at radius 3 is 2.24 bits per heavy atom. The number of rotatable bonds is 4. The first-order valence-corrected chi connectivity index (χ1v) is 10.6. The minimum absolute atomic E-state index is 0.192. The maximum Gasteiger partial charge on any atom is 0.212 e. The molecule has 0 radical (unpaired) electrons. The van der Waals surface area contributed by atoms with Crippen molar-refractivity contribution in [1.29, 1.82) is 0 Å². The van der Waals surface area contributed by atoms with Gasteiger partial charge in [0.25, 0.3) is 0 Å². The summed E-state index contributed by atoms with van der Waals surface area (Å²) in [7, 11) is -1.82.